The second-order valence-corrected chi connectivity index (χ2v) is 6.23. The maximum atomic E-state index is 4.79. The monoisotopic (exact) mass is 279 g/mol. The summed E-state index contributed by atoms with van der Waals surface area (Å²) in [6, 6.07) is 11.6. The summed E-state index contributed by atoms with van der Waals surface area (Å²) in [7, 11) is 0. The summed E-state index contributed by atoms with van der Waals surface area (Å²) in [5.74, 6) is 0. The van der Waals surface area contributed by atoms with Crippen LogP contribution in [0.1, 0.15) is 43.0 Å². The fourth-order valence-electron chi connectivity index (χ4n) is 3.44. The maximum Gasteiger partial charge on any atom is 0.0821 e. The Hall–Kier alpha value is -2.03. The van der Waals surface area contributed by atoms with Crippen molar-refractivity contribution in [3.8, 4) is 0 Å². The molecular formula is C18H21N3. The van der Waals surface area contributed by atoms with Crippen molar-refractivity contribution < 1.29 is 0 Å². The molecule has 0 radical (unpaired) electrons. The molecule has 3 nitrogen and oxygen atoms in total. The van der Waals surface area contributed by atoms with E-state index in [2.05, 4.69) is 58.9 Å². The summed E-state index contributed by atoms with van der Waals surface area (Å²) >= 11 is 0. The van der Waals surface area contributed by atoms with E-state index in [9.17, 15) is 0 Å². The van der Waals surface area contributed by atoms with Crippen molar-refractivity contribution in [3.63, 3.8) is 0 Å². The van der Waals surface area contributed by atoms with Gasteiger partial charge in [0.2, 0.25) is 0 Å². The van der Waals surface area contributed by atoms with E-state index in [4.69, 9.17) is 5.10 Å². The van der Waals surface area contributed by atoms with Gasteiger partial charge in [-0.15, -0.1) is 0 Å². The second kappa shape index (κ2) is 5.06. The van der Waals surface area contributed by atoms with Crippen LogP contribution in [-0.4, -0.2) is 14.3 Å². The number of hydrogen-bond acceptors (Lipinski definition) is 1. The van der Waals surface area contributed by atoms with E-state index in [0.29, 0.717) is 6.04 Å². The van der Waals surface area contributed by atoms with Crippen molar-refractivity contribution >= 4 is 10.9 Å². The number of aryl methyl sites for hydroxylation is 1. The molecule has 0 atom stereocenters. The summed E-state index contributed by atoms with van der Waals surface area (Å²) in [5, 5.41) is 6.09. The molecule has 4 rings (SSSR count). The quantitative estimate of drug-likeness (QED) is 0.700. The number of rotatable bonds is 3. The third-order valence-electron chi connectivity index (χ3n) is 4.62. The Balaban J connectivity index is 1.61. The van der Waals surface area contributed by atoms with E-state index in [0.717, 1.165) is 12.2 Å². The van der Waals surface area contributed by atoms with Crippen LogP contribution in [0.25, 0.3) is 10.9 Å². The average molecular weight is 279 g/mol. The number of hydrogen-bond donors (Lipinski definition) is 0. The molecule has 1 saturated carbocycles. The standard InChI is InChI=1S/C18H21N3/c1-14-6-7-15-8-10-20(18(15)12-14)13-16-9-11-21(19-16)17-4-2-3-5-17/h6-12,17H,2-5,13H2,1H3. The number of benzene rings is 1. The molecule has 0 amide bonds. The zero-order valence-corrected chi connectivity index (χ0v) is 12.5. The Bertz CT molecular complexity index is 760. The first kappa shape index (κ1) is 12.7. The van der Waals surface area contributed by atoms with Crippen molar-refractivity contribution in [2.24, 2.45) is 0 Å². The fraction of sp³-hybridized carbons (Fsp3) is 0.389. The number of nitrogens with zero attached hydrogens (tertiary/aromatic N) is 3. The zero-order chi connectivity index (χ0) is 14.2. The minimum absolute atomic E-state index is 0.627. The SMILES string of the molecule is Cc1ccc2ccn(Cc3ccn(C4CCCC4)n3)c2c1. The van der Waals surface area contributed by atoms with Crippen LogP contribution in [0.4, 0.5) is 0 Å². The van der Waals surface area contributed by atoms with Crippen molar-refractivity contribution in [2.45, 2.75) is 45.2 Å². The van der Waals surface area contributed by atoms with E-state index in [1.54, 1.807) is 0 Å². The number of aromatic nitrogens is 3. The molecule has 0 spiro atoms. The van der Waals surface area contributed by atoms with E-state index in [-0.39, 0.29) is 0 Å². The molecule has 3 heteroatoms. The molecule has 21 heavy (non-hydrogen) atoms. The van der Waals surface area contributed by atoms with Gasteiger partial charge in [0.25, 0.3) is 0 Å². The van der Waals surface area contributed by atoms with Crippen LogP contribution in [0.15, 0.2) is 42.7 Å². The Morgan fingerprint density at radius 1 is 1.10 bits per heavy atom. The highest BCUT2D eigenvalue weighted by atomic mass is 15.3. The Morgan fingerprint density at radius 3 is 2.81 bits per heavy atom. The van der Waals surface area contributed by atoms with Gasteiger partial charge in [0, 0.05) is 17.9 Å². The summed E-state index contributed by atoms with van der Waals surface area (Å²) in [4.78, 5) is 0. The summed E-state index contributed by atoms with van der Waals surface area (Å²) < 4.78 is 4.48. The molecule has 0 N–H and O–H groups in total. The third kappa shape index (κ3) is 2.37. The van der Waals surface area contributed by atoms with Crippen LogP contribution in [0, 0.1) is 6.92 Å². The number of fused-ring (bicyclic) bond motifs is 1. The molecule has 3 aromatic rings. The first-order valence-electron chi connectivity index (χ1n) is 7.89. The van der Waals surface area contributed by atoms with E-state index < -0.39 is 0 Å². The maximum absolute atomic E-state index is 4.79. The topological polar surface area (TPSA) is 22.8 Å². The molecule has 2 heterocycles. The Kier molecular flexibility index (Phi) is 3.06. The van der Waals surface area contributed by atoms with Crippen LogP contribution < -0.4 is 0 Å². The van der Waals surface area contributed by atoms with Gasteiger partial charge in [-0.25, -0.2) is 0 Å². The van der Waals surface area contributed by atoms with Crippen molar-refractivity contribution in [2.75, 3.05) is 0 Å². The Labute approximate surface area is 125 Å². The molecule has 1 fully saturated rings. The second-order valence-electron chi connectivity index (χ2n) is 6.23. The van der Waals surface area contributed by atoms with Crippen LogP contribution in [0.2, 0.25) is 0 Å². The van der Waals surface area contributed by atoms with Crippen molar-refractivity contribution in [3.05, 3.63) is 54.0 Å². The van der Waals surface area contributed by atoms with Crippen LogP contribution >= 0.6 is 0 Å². The fourth-order valence-corrected chi connectivity index (χ4v) is 3.44. The van der Waals surface area contributed by atoms with Crippen LogP contribution in [-0.2, 0) is 6.54 Å². The lowest BCUT2D eigenvalue weighted by molar-refractivity contribution is 0.462. The zero-order valence-electron chi connectivity index (χ0n) is 12.5. The highest BCUT2D eigenvalue weighted by Crippen LogP contribution is 2.28. The van der Waals surface area contributed by atoms with E-state index in [1.807, 2.05) is 0 Å². The van der Waals surface area contributed by atoms with Crippen LogP contribution in [0.5, 0.6) is 0 Å². The first-order valence-corrected chi connectivity index (χ1v) is 7.89. The molecule has 1 aromatic carbocycles. The Morgan fingerprint density at radius 2 is 1.95 bits per heavy atom. The highest BCUT2D eigenvalue weighted by molar-refractivity contribution is 5.80. The molecule has 108 valence electrons. The van der Waals surface area contributed by atoms with Crippen molar-refractivity contribution in [1.82, 2.24) is 14.3 Å². The molecule has 0 saturated heterocycles. The largest absolute Gasteiger partial charge is 0.341 e. The van der Waals surface area contributed by atoms with E-state index in [1.165, 1.54) is 42.1 Å². The summed E-state index contributed by atoms with van der Waals surface area (Å²) in [6.07, 6.45) is 9.59. The molecule has 0 aliphatic heterocycles. The van der Waals surface area contributed by atoms with Gasteiger partial charge < -0.3 is 4.57 Å². The smallest absolute Gasteiger partial charge is 0.0821 e. The minimum atomic E-state index is 0.627. The summed E-state index contributed by atoms with van der Waals surface area (Å²) in [5.41, 5.74) is 3.75. The normalized spacial score (nSPS) is 16.0. The lowest BCUT2D eigenvalue weighted by atomic mass is 10.2. The third-order valence-corrected chi connectivity index (χ3v) is 4.62. The molecule has 0 bridgehead atoms. The minimum Gasteiger partial charge on any atom is -0.341 e. The molecule has 0 unspecified atom stereocenters. The molecule has 1 aliphatic carbocycles. The predicted molar refractivity (Wildman–Crippen MR) is 85.5 cm³/mol. The predicted octanol–water partition coefficient (Wildman–Crippen LogP) is 4.31. The van der Waals surface area contributed by atoms with Gasteiger partial charge in [0.05, 0.1) is 18.3 Å². The van der Waals surface area contributed by atoms with Gasteiger partial charge in [-0.3, -0.25) is 4.68 Å². The van der Waals surface area contributed by atoms with Crippen molar-refractivity contribution in [1.29, 1.82) is 0 Å². The first-order chi connectivity index (χ1) is 10.3. The van der Waals surface area contributed by atoms with Gasteiger partial charge in [0.1, 0.15) is 0 Å². The van der Waals surface area contributed by atoms with Crippen LogP contribution in [0.3, 0.4) is 0 Å². The van der Waals surface area contributed by atoms with Gasteiger partial charge in [0.15, 0.2) is 0 Å². The average Bonchev–Trinajstić information content (AvgIpc) is 3.20. The van der Waals surface area contributed by atoms with E-state index >= 15 is 0 Å². The molecular weight excluding hydrogens is 258 g/mol. The lowest BCUT2D eigenvalue weighted by Gasteiger charge is -2.09. The molecule has 1 aliphatic rings. The van der Waals surface area contributed by atoms with Gasteiger partial charge in [-0.1, -0.05) is 25.0 Å². The highest BCUT2D eigenvalue weighted by Gasteiger charge is 2.17. The summed E-state index contributed by atoms with van der Waals surface area (Å²) in [6.45, 7) is 3.00. The van der Waals surface area contributed by atoms with Gasteiger partial charge >= 0.3 is 0 Å². The lowest BCUT2D eigenvalue weighted by Crippen LogP contribution is -2.06. The molecule has 2 aromatic heterocycles. The van der Waals surface area contributed by atoms with Gasteiger partial charge in [-0.05, 0) is 48.9 Å². The van der Waals surface area contributed by atoms with Gasteiger partial charge in [-0.2, -0.15) is 5.10 Å².